The molecule has 0 aliphatic heterocycles. The van der Waals surface area contributed by atoms with Gasteiger partial charge in [-0.25, -0.2) is 8.78 Å². The molecule has 0 aliphatic rings. The van der Waals surface area contributed by atoms with Crippen molar-refractivity contribution in [3.8, 4) is 0 Å². The lowest BCUT2D eigenvalue weighted by Crippen LogP contribution is -2.27. The number of carbonyl (C=O) groups is 1. The second-order valence-electron chi connectivity index (χ2n) is 4.51. The maximum Gasteiger partial charge on any atom is 0.252 e. The van der Waals surface area contributed by atoms with E-state index in [9.17, 15) is 13.6 Å². The minimum absolute atomic E-state index is 0.0287. The third-order valence-corrected chi connectivity index (χ3v) is 4.14. The molecule has 1 atom stereocenters. The van der Waals surface area contributed by atoms with Crippen LogP contribution in [0.25, 0.3) is 0 Å². The van der Waals surface area contributed by atoms with Gasteiger partial charge < -0.3 is 10.6 Å². The summed E-state index contributed by atoms with van der Waals surface area (Å²) in [4.78, 5) is 13.2. The molecule has 0 fully saturated rings. The quantitative estimate of drug-likeness (QED) is 0.878. The lowest BCUT2D eigenvalue weighted by atomic mass is 10.1. The van der Waals surface area contributed by atoms with Crippen molar-refractivity contribution in [2.24, 2.45) is 0 Å². The summed E-state index contributed by atoms with van der Waals surface area (Å²) in [5.74, 6) is -2.06. The molecule has 112 valence electrons. The van der Waals surface area contributed by atoms with Crippen molar-refractivity contribution in [1.29, 1.82) is 0 Å². The molecule has 0 spiro atoms. The number of halogens is 2. The first-order valence-corrected chi connectivity index (χ1v) is 7.45. The van der Waals surface area contributed by atoms with Crippen molar-refractivity contribution < 1.29 is 13.6 Å². The first kappa shape index (κ1) is 15.4. The second-order valence-corrected chi connectivity index (χ2v) is 5.49. The number of carbonyl (C=O) groups excluding carboxylic acids is 1. The van der Waals surface area contributed by atoms with E-state index in [0.29, 0.717) is 6.42 Å². The Morgan fingerprint density at radius 2 is 2.00 bits per heavy atom. The van der Waals surface area contributed by atoms with Gasteiger partial charge in [0.05, 0.1) is 6.04 Å². The number of anilines is 1. The van der Waals surface area contributed by atoms with Crippen LogP contribution in [0.4, 0.5) is 14.5 Å². The zero-order valence-electron chi connectivity index (χ0n) is 11.7. The monoisotopic (exact) mass is 310 g/mol. The van der Waals surface area contributed by atoms with Crippen LogP contribution in [0.15, 0.2) is 29.6 Å². The van der Waals surface area contributed by atoms with E-state index in [4.69, 9.17) is 0 Å². The van der Waals surface area contributed by atoms with Gasteiger partial charge in [-0.05, 0) is 30.0 Å². The highest BCUT2D eigenvalue weighted by atomic mass is 32.1. The molecule has 2 N–H and O–H groups in total. The van der Waals surface area contributed by atoms with Crippen LogP contribution in [-0.2, 0) is 0 Å². The Kier molecular flexibility index (Phi) is 4.90. The predicted octanol–water partition coefficient (Wildman–Crippen LogP) is 3.95. The lowest BCUT2D eigenvalue weighted by Gasteiger charge is -2.16. The number of hydrogen-bond acceptors (Lipinski definition) is 3. The van der Waals surface area contributed by atoms with E-state index in [1.165, 1.54) is 18.4 Å². The van der Waals surface area contributed by atoms with Crippen molar-refractivity contribution in [2.75, 3.05) is 12.4 Å². The number of thiophene rings is 1. The Morgan fingerprint density at radius 3 is 2.48 bits per heavy atom. The number of amides is 1. The Balaban J connectivity index is 2.20. The molecule has 2 aromatic rings. The van der Waals surface area contributed by atoms with Crippen LogP contribution in [0.5, 0.6) is 0 Å². The summed E-state index contributed by atoms with van der Waals surface area (Å²) < 4.78 is 27.4. The molecule has 1 amide bonds. The van der Waals surface area contributed by atoms with Crippen molar-refractivity contribution in [1.82, 2.24) is 5.32 Å². The minimum atomic E-state index is -0.785. The summed E-state index contributed by atoms with van der Waals surface area (Å²) in [6.45, 7) is 1.94. The van der Waals surface area contributed by atoms with Gasteiger partial charge >= 0.3 is 0 Å². The van der Waals surface area contributed by atoms with Crippen LogP contribution < -0.4 is 10.6 Å². The number of rotatable bonds is 5. The van der Waals surface area contributed by atoms with Gasteiger partial charge in [0.1, 0.15) is 17.3 Å². The maximum atomic E-state index is 13.7. The van der Waals surface area contributed by atoms with Crippen LogP contribution in [0.2, 0.25) is 0 Å². The topological polar surface area (TPSA) is 41.1 Å². The molecule has 0 bridgehead atoms. The van der Waals surface area contributed by atoms with Crippen LogP contribution in [-0.4, -0.2) is 13.0 Å². The molecule has 3 nitrogen and oxygen atoms in total. The summed E-state index contributed by atoms with van der Waals surface area (Å²) in [5, 5.41) is 7.14. The van der Waals surface area contributed by atoms with Gasteiger partial charge in [0.15, 0.2) is 0 Å². The fourth-order valence-corrected chi connectivity index (χ4v) is 2.91. The van der Waals surface area contributed by atoms with E-state index in [1.807, 2.05) is 24.4 Å². The van der Waals surface area contributed by atoms with Gasteiger partial charge in [0.25, 0.3) is 5.91 Å². The normalized spacial score (nSPS) is 12.0. The Hall–Kier alpha value is -1.95. The zero-order chi connectivity index (χ0) is 15.4. The number of nitrogens with one attached hydrogen (secondary N) is 2. The van der Waals surface area contributed by atoms with E-state index in [2.05, 4.69) is 10.6 Å². The largest absolute Gasteiger partial charge is 0.383 e. The number of hydrogen-bond donors (Lipinski definition) is 2. The molecule has 1 unspecified atom stereocenters. The average molecular weight is 310 g/mol. The van der Waals surface area contributed by atoms with E-state index in [1.54, 1.807) is 0 Å². The Bertz CT molecular complexity index is 606. The van der Waals surface area contributed by atoms with Crippen LogP contribution in [0.3, 0.4) is 0 Å². The fourth-order valence-electron chi connectivity index (χ4n) is 2.05. The minimum Gasteiger partial charge on any atom is -0.383 e. The molecular formula is C15H16F2N2OS. The predicted molar refractivity (Wildman–Crippen MR) is 80.7 cm³/mol. The summed E-state index contributed by atoms with van der Waals surface area (Å²) in [7, 11) is 1.42. The van der Waals surface area contributed by atoms with Crippen LogP contribution in [0, 0.1) is 11.6 Å². The van der Waals surface area contributed by atoms with Crippen molar-refractivity contribution in [3.63, 3.8) is 0 Å². The molecular weight excluding hydrogens is 294 g/mol. The van der Waals surface area contributed by atoms with Crippen molar-refractivity contribution in [3.05, 3.63) is 51.7 Å². The summed E-state index contributed by atoms with van der Waals surface area (Å²) in [5.41, 5.74) is -0.268. The highest BCUT2D eigenvalue weighted by Gasteiger charge is 2.18. The highest BCUT2D eigenvalue weighted by Crippen LogP contribution is 2.24. The standard InChI is InChI=1S/C15H16F2N2OS/c1-3-12(13-5-4-6-21-13)19-15(20)9-7-10(16)14(18-2)11(17)8-9/h4-8,12,18H,3H2,1-2H3,(H,19,20). The van der Waals surface area contributed by atoms with E-state index < -0.39 is 17.5 Å². The van der Waals surface area contributed by atoms with Gasteiger partial charge in [-0.3, -0.25) is 4.79 Å². The third-order valence-electron chi connectivity index (χ3n) is 3.15. The summed E-state index contributed by atoms with van der Waals surface area (Å²) >= 11 is 1.53. The van der Waals surface area contributed by atoms with E-state index >= 15 is 0 Å². The van der Waals surface area contributed by atoms with Crippen molar-refractivity contribution in [2.45, 2.75) is 19.4 Å². The average Bonchev–Trinajstić information content (AvgIpc) is 2.98. The van der Waals surface area contributed by atoms with Crippen molar-refractivity contribution >= 4 is 22.9 Å². The first-order chi connectivity index (χ1) is 10.1. The van der Waals surface area contributed by atoms with Crippen LogP contribution in [0.1, 0.15) is 34.6 Å². The highest BCUT2D eigenvalue weighted by molar-refractivity contribution is 7.10. The van der Waals surface area contributed by atoms with Gasteiger partial charge in [-0.15, -0.1) is 11.3 Å². The Morgan fingerprint density at radius 1 is 1.33 bits per heavy atom. The molecule has 1 aromatic carbocycles. The zero-order valence-corrected chi connectivity index (χ0v) is 12.6. The molecule has 0 radical (unpaired) electrons. The SMILES string of the molecule is CCC(NC(=O)c1cc(F)c(NC)c(F)c1)c1cccs1. The molecule has 1 aromatic heterocycles. The smallest absolute Gasteiger partial charge is 0.252 e. The number of benzene rings is 1. The van der Waals surface area contributed by atoms with Crippen LogP contribution >= 0.6 is 11.3 Å². The van der Waals surface area contributed by atoms with E-state index in [-0.39, 0.29) is 17.3 Å². The van der Waals surface area contributed by atoms with E-state index in [0.717, 1.165) is 17.0 Å². The molecule has 6 heteroatoms. The fraction of sp³-hybridized carbons (Fsp3) is 0.267. The molecule has 0 aliphatic carbocycles. The summed E-state index contributed by atoms with van der Waals surface area (Å²) in [6.07, 6.45) is 0.700. The Labute approximate surface area is 126 Å². The lowest BCUT2D eigenvalue weighted by molar-refractivity contribution is 0.0935. The summed E-state index contributed by atoms with van der Waals surface area (Å²) in [6, 6.07) is 5.73. The molecule has 0 saturated carbocycles. The molecule has 0 saturated heterocycles. The molecule has 21 heavy (non-hydrogen) atoms. The van der Waals surface area contributed by atoms with Gasteiger partial charge in [0, 0.05) is 17.5 Å². The molecule has 1 heterocycles. The van der Waals surface area contributed by atoms with Gasteiger partial charge in [-0.2, -0.15) is 0 Å². The van der Waals surface area contributed by atoms with Gasteiger partial charge in [-0.1, -0.05) is 13.0 Å². The maximum absolute atomic E-state index is 13.7. The first-order valence-electron chi connectivity index (χ1n) is 6.57. The third kappa shape index (κ3) is 3.39. The second kappa shape index (κ2) is 6.67. The molecule has 2 rings (SSSR count). The van der Waals surface area contributed by atoms with Gasteiger partial charge in [0.2, 0.25) is 0 Å².